The van der Waals surface area contributed by atoms with Crippen LogP contribution in [-0.2, 0) is 9.59 Å². The molecule has 2 amide bonds. The quantitative estimate of drug-likeness (QED) is 0.392. The van der Waals surface area contributed by atoms with Gasteiger partial charge in [0.15, 0.2) is 0 Å². The molecule has 26 heavy (non-hydrogen) atoms. The molecular formula is C21H29N3O2. The number of nitrogens with zero attached hydrogens (tertiary/aromatic N) is 2. The van der Waals surface area contributed by atoms with Crippen LogP contribution in [-0.4, -0.2) is 42.6 Å². The highest BCUT2D eigenvalue weighted by molar-refractivity contribution is 5.84. The standard InChI is InChI=1S/C21H29N3O2/c1-6-18(11-12-19(7-2)16(4)17(5)22-8-3)14-23-21(26)20-10-9-13-24(20)15-25/h6-8,11-12,15,20H,1-2,9-10,13-14H2,3-5H3,(H,23,26)/b17-16+,18-11+,19-12+,22-8?/t20-/m0/s1. The van der Waals surface area contributed by atoms with E-state index in [4.69, 9.17) is 0 Å². The predicted octanol–water partition coefficient (Wildman–Crippen LogP) is 3.33. The van der Waals surface area contributed by atoms with Gasteiger partial charge in [-0.3, -0.25) is 14.6 Å². The molecule has 1 N–H and O–H groups in total. The molecule has 1 fully saturated rings. The Kier molecular flexibility index (Phi) is 9.06. The number of hydrogen-bond acceptors (Lipinski definition) is 3. The van der Waals surface area contributed by atoms with Gasteiger partial charge in [-0.15, -0.1) is 0 Å². The second-order valence-corrected chi connectivity index (χ2v) is 6.09. The zero-order chi connectivity index (χ0) is 19.5. The number of allylic oxidation sites excluding steroid dienone is 6. The summed E-state index contributed by atoms with van der Waals surface area (Å²) < 4.78 is 0. The van der Waals surface area contributed by atoms with E-state index in [9.17, 15) is 9.59 Å². The van der Waals surface area contributed by atoms with Gasteiger partial charge < -0.3 is 10.2 Å². The van der Waals surface area contributed by atoms with Crippen LogP contribution in [0.4, 0.5) is 0 Å². The Morgan fingerprint density at radius 2 is 2.00 bits per heavy atom. The molecule has 0 spiro atoms. The highest BCUT2D eigenvalue weighted by Crippen LogP contribution is 2.17. The van der Waals surface area contributed by atoms with Crippen molar-refractivity contribution in [3.05, 3.63) is 59.9 Å². The van der Waals surface area contributed by atoms with E-state index in [1.165, 1.54) is 0 Å². The molecule has 0 saturated carbocycles. The number of amides is 2. The number of carbonyl (C=O) groups excluding carboxylic acids is 2. The minimum Gasteiger partial charge on any atom is -0.350 e. The molecule has 0 unspecified atom stereocenters. The van der Waals surface area contributed by atoms with Crippen LogP contribution < -0.4 is 5.32 Å². The second-order valence-electron chi connectivity index (χ2n) is 6.09. The van der Waals surface area contributed by atoms with Gasteiger partial charge in [-0.2, -0.15) is 0 Å². The molecule has 5 nitrogen and oxygen atoms in total. The van der Waals surface area contributed by atoms with Gasteiger partial charge in [0.1, 0.15) is 6.04 Å². The Morgan fingerprint density at radius 3 is 2.58 bits per heavy atom. The summed E-state index contributed by atoms with van der Waals surface area (Å²) in [4.78, 5) is 29.1. The van der Waals surface area contributed by atoms with Gasteiger partial charge in [0.25, 0.3) is 0 Å². The maximum absolute atomic E-state index is 12.3. The van der Waals surface area contributed by atoms with Crippen molar-refractivity contribution in [1.29, 1.82) is 0 Å². The van der Waals surface area contributed by atoms with Crippen LogP contribution in [0.3, 0.4) is 0 Å². The first-order chi connectivity index (χ1) is 12.5. The third-order valence-electron chi connectivity index (χ3n) is 4.46. The van der Waals surface area contributed by atoms with Crippen LogP contribution in [0.1, 0.15) is 33.6 Å². The monoisotopic (exact) mass is 355 g/mol. The van der Waals surface area contributed by atoms with Crippen LogP contribution in [0.2, 0.25) is 0 Å². The lowest BCUT2D eigenvalue weighted by atomic mass is 10.0. The number of rotatable bonds is 9. The number of hydrogen-bond donors (Lipinski definition) is 1. The molecule has 1 saturated heterocycles. The van der Waals surface area contributed by atoms with Crippen molar-refractivity contribution in [3.8, 4) is 0 Å². The van der Waals surface area contributed by atoms with E-state index in [1.807, 2.05) is 32.9 Å². The fraction of sp³-hybridized carbons (Fsp3) is 0.381. The van der Waals surface area contributed by atoms with Gasteiger partial charge >= 0.3 is 0 Å². The van der Waals surface area contributed by atoms with Crippen molar-refractivity contribution in [2.75, 3.05) is 13.1 Å². The zero-order valence-electron chi connectivity index (χ0n) is 16.0. The fourth-order valence-electron chi connectivity index (χ4n) is 2.75. The van der Waals surface area contributed by atoms with Crippen molar-refractivity contribution in [2.45, 2.75) is 39.7 Å². The van der Waals surface area contributed by atoms with E-state index in [0.29, 0.717) is 19.5 Å². The summed E-state index contributed by atoms with van der Waals surface area (Å²) in [6, 6.07) is -0.363. The first kappa shape index (κ1) is 21.4. The van der Waals surface area contributed by atoms with Crippen LogP contribution in [0, 0.1) is 0 Å². The van der Waals surface area contributed by atoms with Crippen molar-refractivity contribution < 1.29 is 9.59 Å². The Morgan fingerprint density at radius 1 is 1.27 bits per heavy atom. The summed E-state index contributed by atoms with van der Waals surface area (Å²) in [6.45, 7) is 14.5. The van der Waals surface area contributed by atoms with Crippen molar-refractivity contribution in [1.82, 2.24) is 10.2 Å². The van der Waals surface area contributed by atoms with Gasteiger partial charge in [-0.25, -0.2) is 0 Å². The van der Waals surface area contributed by atoms with Crippen molar-refractivity contribution in [2.24, 2.45) is 4.99 Å². The Bertz CT molecular complexity index is 669. The zero-order valence-corrected chi connectivity index (χ0v) is 16.0. The highest BCUT2D eigenvalue weighted by atomic mass is 16.2. The average Bonchev–Trinajstić information content (AvgIpc) is 3.13. The van der Waals surface area contributed by atoms with Crippen LogP contribution in [0.15, 0.2) is 64.9 Å². The molecular weight excluding hydrogens is 326 g/mol. The normalized spacial score (nSPS) is 19.3. The van der Waals surface area contributed by atoms with E-state index < -0.39 is 0 Å². The molecule has 0 bridgehead atoms. The predicted molar refractivity (Wildman–Crippen MR) is 108 cm³/mol. The van der Waals surface area contributed by atoms with E-state index in [2.05, 4.69) is 23.5 Å². The van der Waals surface area contributed by atoms with E-state index in [0.717, 1.165) is 35.2 Å². The summed E-state index contributed by atoms with van der Waals surface area (Å²) in [6.07, 6.45) is 11.4. The Labute approximate surface area is 156 Å². The van der Waals surface area contributed by atoms with Crippen molar-refractivity contribution >= 4 is 18.5 Å². The third-order valence-corrected chi connectivity index (χ3v) is 4.46. The van der Waals surface area contributed by atoms with Crippen molar-refractivity contribution in [3.63, 3.8) is 0 Å². The fourth-order valence-corrected chi connectivity index (χ4v) is 2.75. The summed E-state index contributed by atoms with van der Waals surface area (Å²) in [7, 11) is 0. The van der Waals surface area contributed by atoms with Gasteiger partial charge in [-0.05, 0) is 50.3 Å². The molecule has 0 aliphatic carbocycles. The van der Waals surface area contributed by atoms with Gasteiger partial charge in [-0.1, -0.05) is 37.5 Å². The second kappa shape index (κ2) is 11.0. The average molecular weight is 355 g/mol. The highest BCUT2D eigenvalue weighted by Gasteiger charge is 2.29. The topological polar surface area (TPSA) is 61.8 Å². The lowest BCUT2D eigenvalue weighted by molar-refractivity contribution is -0.130. The van der Waals surface area contributed by atoms with Gasteiger partial charge in [0.2, 0.25) is 12.3 Å². The maximum Gasteiger partial charge on any atom is 0.243 e. The molecule has 1 aliphatic heterocycles. The molecule has 5 heteroatoms. The third kappa shape index (κ3) is 5.99. The summed E-state index contributed by atoms with van der Waals surface area (Å²) in [5.41, 5.74) is 3.80. The molecule has 0 aromatic carbocycles. The summed E-state index contributed by atoms with van der Waals surface area (Å²) in [5, 5.41) is 2.88. The van der Waals surface area contributed by atoms with Crippen LogP contribution in [0.25, 0.3) is 0 Å². The van der Waals surface area contributed by atoms with Gasteiger partial charge in [0, 0.05) is 25.0 Å². The molecule has 0 aromatic heterocycles. The molecule has 0 radical (unpaired) electrons. The first-order valence-corrected chi connectivity index (χ1v) is 8.79. The molecule has 0 aromatic rings. The Balaban J connectivity index is 2.82. The van der Waals surface area contributed by atoms with Crippen LogP contribution >= 0.6 is 0 Å². The number of aliphatic imine (C=N–C) groups is 1. The number of likely N-dealkylation sites (tertiary alicyclic amines) is 1. The van der Waals surface area contributed by atoms with Gasteiger partial charge in [0.05, 0.1) is 0 Å². The largest absolute Gasteiger partial charge is 0.350 e. The maximum atomic E-state index is 12.3. The molecule has 1 rings (SSSR count). The van der Waals surface area contributed by atoms with Crippen LogP contribution in [0.5, 0.6) is 0 Å². The smallest absolute Gasteiger partial charge is 0.243 e. The lowest BCUT2D eigenvalue weighted by Crippen LogP contribution is -2.43. The summed E-state index contributed by atoms with van der Waals surface area (Å²) in [5.74, 6) is -0.125. The molecule has 140 valence electrons. The molecule has 1 aliphatic rings. The number of carbonyl (C=O) groups is 2. The van der Waals surface area contributed by atoms with E-state index in [-0.39, 0.29) is 11.9 Å². The Hall–Kier alpha value is -2.69. The first-order valence-electron chi connectivity index (χ1n) is 8.79. The van der Waals surface area contributed by atoms with E-state index in [1.54, 1.807) is 23.3 Å². The van der Waals surface area contributed by atoms with E-state index >= 15 is 0 Å². The minimum absolute atomic E-state index is 0.125. The summed E-state index contributed by atoms with van der Waals surface area (Å²) >= 11 is 0. The molecule has 1 atom stereocenters. The molecule has 1 heterocycles. The minimum atomic E-state index is -0.363. The lowest BCUT2D eigenvalue weighted by Gasteiger charge is -2.19. The number of nitrogens with one attached hydrogen (secondary N) is 1. The SMILES string of the molecule is C=C\C(=C/C=C(C=C)/C(C)=C(\C)N=CC)CNC(=O)[C@@H]1CCCN1C=O.